The van der Waals surface area contributed by atoms with Gasteiger partial charge >= 0.3 is 0 Å². The van der Waals surface area contributed by atoms with Gasteiger partial charge in [-0.1, -0.05) is 54.1 Å². The Kier molecular flexibility index (Phi) is 7.05. The predicted octanol–water partition coefficient (Wildman–Crippen LogP) is 5.44. The molecule has 218 valence electrons. The average molecular weight is 603 g/mol. The van der Waals surface area contributed by atoms with E-state index < -0.39 is 5.44 Å². The van der Waals surface area contributed by atoms with Crippen LogP contribution < -0.4 is 21.6 Å². The molecule has 3 aromatic carbocycles. The minimum absolute atomic E-state index is 0.0559. The zero-order valence-corrected chi connectivity index (χ0v) is 24.7. The number of fused-ring (bicyclic) bond motifs is 1. The lowest BCUT2D eigenvalue weighted by Gasteiger charge is -2.34. The summed E-state index contributed by atoms with van der Waals surface area (Å²) in [6, 6.07) is 25.1. The normalized spacial score (nSPS) is 20.9. The first-order chi connectivity index (χ1) is 21.4. The van der Waals surface area contributed by atoms with Crippen molar-refractivity contribution in [3.8, 4) is 12.1 Å². The molecule has 4 aromatic rings. The molecule has 0 bridgehead atoms. The van der Waals surface area contributed by atoms with Gasteiger partial charge in [-0.25, -0.2) is 4.39 Å². The number of halogens is 2. The number of hydrogen-bond donors (Lipinski definition) is 4. The number of benzene rings is 3. The first-order valence-electron chi connectivity index (χ1n) is 14.7. The van der Waals surface area contributed by atoms with Crippen molar-refractivity contribution in [3.05, 3.63) is 112 Å². The maximum atomic E-state index is 14.0. The molecule has 11 heteroatoms. The van der Waals surface area contributed by atoms with Crippen LogP contribution in [0.3, 0.4) is 0 Å². The molecule has 0 amide bonds. The van der Waals surface area contributed by atoms with Gasteiger partial charge in [0.05, 0.1) is 51.0 Å². The van der Waals surface area contributed by atoms with Crippen LogP contribution in [-0.2, 0) is 5.44 Å². The number of nitriles is 2. The molecule has 0 spiro atoms. The van der Waals surface area contributed by atoms with E-state index in [1.54, 1.807) is 12.1 Å². The highest BCUT2D eigenvalue weighted by Crippen LogP contribution is 2.49. The fraction of sp³-hybridized carbons (Fsp3) is 0.242. The van der Waals surface area contributed by atoms with Crippen molar-refractivity contribution in [1.82, 2.24) is 21.0 Å². The van der Waals surface area contributed by atoms with Gasteiger partial charge in [-0.3, -0.25) is 9.99 Å². The van der Waals surface area contributed by atoms with E-state index in [1.807, 2.05) is 56.5 Å². The predicted molar refractivity (Wildman–Crippen MR) is 171 cm³/mol. The summed E-state index contributed by atoms with van der Waals surface area (Å²) in [4.78, 5) is 4.55. The summed E-state index contributed by atoms with van der Waals surface area (Å²) in [6.07, 6.45) is 6.59. The van der Waals surface area contributed by atoms with Crippen molar-refractivity contribution in [2.45, 2.75) is 36.8 Å². The van der Waals surface area contributed by atoms with Gasteiger partial charge in [0, 0.05) is 35.4 Å². The Hall–Kier alpha value is -4.77. The van der Waals surface area contributed by atoms with Gasteiger partial charge in [0.1, 0.15) is 19.7 Å². The molecule has 1 aliphatic heterocycles. The van der Waals surface area contributed by atoms with Gasteiger partial charge in [-0.15, -0.1) is 5.53 Å². The molecule has 2 saturated carbocycles. The average Bonchev–Trinajstić information content (AvgIpc) is 3.98. The first-order valence-corrected chi connectivity index (χ1v) is 15.1. The van der Waals surface area contributed by atoms with Crippen LogP contribution in [0.4, 0.5) is 15.8 Å². The molecule has 4 atom stereocenters. The van der Waals surface area contributed by atoms with Crippen LogP contribution in [0.2, 0.25) is 5.02 Å². The van der Waals surface area contributed by atoms with Crippen LogP contribution in [-0.4, -0.2) is 23.9 Å². The van der Waals surface area contributed by atoms with Crippen molar-refractivity contribution in [3.63, 3.8) is 0 Å². The monoisotopic (exact) mass is 602 g/mol. The van der Waals surface area contributed by atoms with E-state index in [0.717, 1.165) is 36.1 Å². The van der Waals surface area contributed by atoms with Gasteiger partial charge < -0.3 is 16.1 Å². The van der Waals surface area contributed by atoms with Crippen molar-refractivity contribution in [2.75, 3.05) is 10.6 Å². The van der Waals surface area contributed by atoms with Crippen LogP contribution >= 0.6 is 11.6 Å². The van der Waals surface area contributed by atoms with Gasteiger partial charge in [0.25, 0.3) is 0 Å². The number of pyridine rings is 1. The number of hydrogen-bond acceptors (Lipinski definition) is 8. The Labute approximate surface area is 260 Å². The van der Waals surface area contributed by atoms with E-state index in [9.17, 15) is 14.9 Å². The number of nitrogens with one attached hydrogen (secondary N) is 4. The number of anilines is 2. The maximum Gasteiger partial charge on any atom is 0.148 e. The minimum atomic E-state index is -0.810. The molecular weight excluding hydrogens is 574 g/mol. The van der Waals surface area contributed by atoms with Gasteiger partial charge in [0.2, 0.25) is 0 Å². The van der Waals surface area contributed by atoms with Crippen LogP contribution in [0, 0.1) is 40.3 Å². The lowest BCUT2D eigenvalue weighted by atomic mass is 9.69. The Morgan fingerprint density at radius 3 is 2.57 bits per heavy atom. The Morgan fingerprint density at radius 1 is 1.11 bits per heavy atom. The van der Waals surface area contributed by atoms with Crippen molar-refractivity contribution in [2.24, 2.45) is 11.8 Å². The van der Waals surface area contributed by atoms with E-state index in [4.69, 9.17) is 11.6 Å². The third kappa shape index (κ3) is 5.17. The molecular formula is C33H29BClFN8. The van der Waals surface area contributed by atoms with Crippen molar-refractivity contribution >= 4 is 41.7 Å². The summed E-state index contributed by atoms with van der Waals surface area (Å²) in [5.41, 5.74) is 10.7. The largest absolute Gasteiger partial charge is 0.378 e. The topological polar surface area (TPSA) is 112 Å². The Bertz CT molecular complexity index is 1850. The van der Waals surface area contributed by atoms with Gasteiger partial charge in [0.15, 0.2) is 0 Å². The minimum Gasteiger partial charge on any atom is -0.378 e. The molecule has 0 radical (unpaired) electrons. The summed E-state index contributed by atoms with van der Waals surface area (Å²) in [5.74, 6) is -0.262. The molecule has 0 saturated heterocycles. The highest BCUT2D eigenvalue weighted by molar-refractivity contribution is 6.36. The first kappa shape index (κ1) is 28.0. The molecule has 1 aromatic heterocycles. The second-order valence-corrected chi connectivity index (χ2v) is 12.3. The van der Waals surface area contributed by atoms with Gasteiger partial charge in [-0.2, -0.15) is 10.5 Å². The number of rotatable bonds is 9. The summed E-state index contributed by atoms with van der Waals surface area (Å²) in [5, 5.41) is 30.2. The molecule has 7 rings (SSSR count). The van der Waals surface area contributed by atoms with Crippen LogP contribution in [0.15, 0.2) is 84.8 Å². The molecule has 2 unspecified atom stereocenters. The van der Waals surface area contributed by atoms with E-state index >= 15 is 0 Å². The summed E-state index contributed by atoms with van der Waals surface area (Å²) >= 11 is 6.88. The highest BCUT2D eigenvalue weighted by Gasteiger charge is 2.44. The molecule has 2 fully saturated rings. The van der Waals surface area contributed by atoms with Crippen LogP contribution in [0.1, 0.15) is 42.0 Å². The Morgan fingerprint density at radius 2 is 1.89 bits per heavy atom. The summed E-state index contributed by atoms with van der Waals surface area (Å²) in [6.45, 7) is 0. The molecule has 8 nitrogen and oxygen atoms in total. The number of aromatic nitrogens is 1. The zero-order chi connectivity index (χ0) is 30.4. The second-order valence-electron chi connectivity index (χ2n) is 11.9. The Balaban J connectivity index is 1.32. The standard InChI is InChI=1S/C33H29BClFN8/c34-33(22-6-8-23(36)9-7-22,29-18-44(43-42-29)25-10-11-25)41-24-13-27-31(21(16-38)17-39-32(27)28(35)14-24)40-30(26-12-20(26)15-37)19-4-2-1-3-5-19/h1-9,13-14,17-18,20,25-26,30,41-43H,10-12,34H2,(H,39,40)/t20?,26-,30+,33?/m1/s1. The lowest BCUT2D eigenvalue weighted by Crippen LogP contribution is -2.45. The number of nitrogens with zero attached hydrogens (tertiary/aromatic N) is 4. The lowest BCUT2D eigenvalue weighted by molar-refractivity contribution is 0.260. The van der Waals surface area contributed by atoms with Gasteiger partial charge in [-0.05, 0) is 54.7 Å². The molecule has 2 aliphatic carbocycles. The smallest absolute Gasteiger partial charge is 0.148 e. The third-order valence-electron chi connectivity index (χ3n) is 8.82. The van der Waals surface area contributed by atoms with E-state index in [-0.39, 0.29) is 23.7 Å². The van der Waals surface area contributed by atoms with E-state index in [0.29, 0.717) is 38.9 Å². The SMILES string of the molecule is BC(Nc1cc(Cl)c2ncc(C#N)c(N[C@@H](c3ccccc3)[C@@H]3CC3C#N)c2c1)(C1=CN(C2CC2)NN1)c1ccc(F)cc1. The summed E-state index contributed by atoms with van der Waals surface area (Å²) < 4.78 is 14.0. The van der Waals surface area contributed by atoms with Crippen LogP contribution in [0.5, 0.6) is 0 Å². The quantitative estimate of drug-likeness (QED) is 0.188. The third-order valence-corrected chi connectivity index (χ3v) is 9.11. The second kappa shape index (κ2) is 11.1. The van der Waals surface area contributed by atoms with Crippen molar-refractivity contribution in [1.29, 1.82) is 10.5 Å². The van der Waals surface area contributed by atoms with E-state index in [2.05, 4.69) is 43.7 Å². The summed E-state index contributed by atoms with van der Waals surface area (Å²) in [7, 11) is 2.03. The highest BCUT2D eigenvalue weighted by atomic mass is 35.5. The fourth-order valence-corrected chi connectivity index (χ4v) is 6.32. The van der Waals surface area contributed by atoms with Crippen LogP contribution in [0.25, 0.3) is 10.9 Å². The maximum absolute atomic E-state index is 14.0. The molecule has 44 heavy (non-hydrogen) atoms. The molecule has 2 heterocycles. The van der Waals surface area contributed by atoms with Crippen molar-refractivity contribution < 1.29 is 4.39 Å². The molecule has 3 aliphatic rings. The molecule has 4 N–H and O–H groups in total. The van der Waals surface area contributed by atoms with E-state index in [1.165, 1.54) is 18.3 Å². The fourth-order valence-electron chi connectivity index (χ4n) is 6.06. The zero-order valence-electron chi connectivity index (χ0n) is 24.0. The number of hydrazine groups is 2.